The molecule has 3 aromatic carbocycles. The minimum absolute atomic E-state index is 0.646. The Hall–Kier alpha value is -3.69. The quantitative estimate of drug-likeness (QED) is 0.554. The number of rotatable bonds is 6. The number of phenols is 3. The van der Waals surface area contributed by atoms with Crippen molar-refractivity contribution in [2.75, 3.05) is 0 Å². The second kappa shape index (κ2) is 7.91. The van der Waals surface area contributed by atoms with E-state index in [1.54, 1.807) is 0 Å². The van der Waals surface area contributed by atoms with Crippen LogP contribution in [0.25, 0.3) is 0 Å². The van der Waals surface area contributed by atoms with Gasteiger partial charge in [0.25, 0.3) is 0 Å². The number of hydrogen-bond acceptors (Lipinski definition) is 6. The van der Waals surface area contributed by atoms with Gasteiger partial charge in [0.2, 0.25) is 0 Å². The van der Waals surface area contributed by atoms with Crippen LogP contribution in [0.2, 0.25) is 0 Å². The van der Waals surface area contributed by atoms with Crippen LogP contribution >= 0.6 is 0 Å². The third-order valence-corrected chi connectivity index (χ3v) is 3.48. The zero-order valence-corrected chi connectivity index (χ0v) is 14.0. The first-order valence-electron chi connectivity index (χ1n) is 7.79. The van der Waals surface area contributed by atoms with Crippen LogP contribution in [0.15, 0.2) is 54.6 Å². The Morgan fingerprint density at radius 3 is 1.07 bits per heavy atom. The van der Waals surface area contributed by atoms with Crippen LogP contribution in [0.1, 0.15) is 0 Å². The Balaban J connectivity index is 1.98. The van der Waals surface area contributed by atoms with Crippen LogP contribution in [0.5, 0.6) is 34.5 Å². The lowest BCUT2D eigenvalue weighted by Crippen LogP contribution is -2.37. The molecule has 0 bridgehead atoms. The zero-order valence-electron chi connectivity index (χ0n) is 14.0. The first kappa shape index (κ1) is 19.1. The molecule has 0 saturated carbocycles. The first-order valence-corrected chi connectivity index (χ1v) is 7.79. The third-order valence-electron chi connectivity index (χ3n) is 3.48. The van der Waals surface area contributed by atoms with Crippen molar-refractivity contribution in [1.82, 2.24) is 0 Å². The minimum Gasteiger partial charge on any atom is -0.504 e. The molecule has 0 radical (unpaired) electrons. The van der Waals surface area contributed by atoms with Crippen LogP contribution < -0.4 is 14.0 Å². The van der Waals surface area contributed by atoms with E-state index in [9.17, 15) is 28.5 Å². The average Bonchev–Trinajstić information content (AvgIpc) is 2.64. The standard InChI is InChI=1S/C18H12BF3O6/c20-10-4-1-7-13(23)16(10)26-19(27-17-11(21)5-2-8-14(17)24)28-18-12(22)6-3-9-15(18)25/h1-9,23-25H. The van der Waals surface area contributed by atoms with E-state index in [2.05, 4.69) is 0 Å². The van der Waals surface area contributed by atoms with Crippen molar-refractivity contribution < 1.29 is 42.5 Å². The molecular formula is C18H12BF3O6. The average molecular weight is 392 g/mol. The second-order valence-corrected chi connectivity index (χ2v) is 5.41. The molecule has 0 aliphatic carbocycles. The van der Waals surface area contributed by atoms with Crippen molar-refractivity contribution in [1.29, 1.82) is 0 Å². The van der Waals surface area contributed by atoms with E-state index < -0.39 is 59.3 Å². The fourth-order valence-electron chi connectivity index (χ4n) is 2.20. The first-order chi connectivity index (χ1) is 13.4. The minimum atomic E-state index is -2.10. The lowest BCUT2D eigenvalue weighted by Gasteiger charge is -2.18. The van der Waals surface area contributed by atoms with Gasteiger partial charge in [0.1, 0.15) is 0 Å². The Morgan fingerprint density at radius 1 is 0.536 bits per heavy atom. The zero-order chi connectivity index (χ0) is 20.3. The summed E-state index contributed by atoms with van der Waals surface area (Å²) in [5, 5.41) is 29.3. The highest BCUT2D eigenvalue weighted by Crippen LogP contribution is 2.35. The van der Waals surface area contributed by atoms with Crippen LogP contribution in [-0.2, 0) is 0 Å². The van der Waals surface area contributed by atoms with E-state index in [0.29, 0.717) is 0 Å². The van der Waals surface area contributed by atoms with Gasteiger partial charge in [0, 0.05) is 0 Å². The van der Waals surface area contributed by atoms with Gasteiger partial charge in [-0.05, 0) is 36.4 Å². The third kappa shape index (κ3) is 4.00. The molecule has 0 heterocycles. The maximum Gasteiger partial charge on any atom is 0.864 e. The SMILES string of the molecule is Oc1cccc(F)c1OB(Oc1c(O)cccc1F)Oc1c(O)cccc1F. The summed E-state index contributed by atoms with van der Waals surface area (Å²) in [6, 6.07) is 9.72. The monoisotopic (exact) mass is 392 g/mol. The number of aromatic hydroxyl groups is 3. The van der Waals surface area contributed by atoms with Gasteiger partial charge in [-0.15, -0.1) is 0 Å². The van der Waals surface area contributed by atoms with Crippen LogP contribution in [0.4, 0.5) is 13.2 Å². The van der Waals surface area contributed by atoms with E-state index in [-0.39, 0.29) is 0 Å². The van der Waals surface area contributed by atoms with E-state index >= 15 is 0 Å². The number of halogens is 3. The van der Waals surface area contributed by atoms with Gasteiger partial charge in [-0.25, -0.2) is 13.2 Å². The molecule has 0 atom stereocenters. The van der Waals surface area contributed by atoms with Gasteiger partial charge in [-0.2, -0.15) is 0 Å². The van der Waals surface area contributed by atoms with Crippen LogP contribution in [-0.4, -0.2) is 22.6 Å². The number of benzene rings is 3. The molecule has 0 unspecified atom stereocenters. The van der Waals surface area contributed by atoms with Crippen molar-refractivity contribution in [3.05, 3.63) is 72.0 Å². The summed E-state index contributed by atoms with van der Waals surface area (Å²) in [5.74, 6) is -7.21. The summed E-state index contributed by atoms with van der Waals surface area (Å²) in [7, 11) is -2.10. The highest BCUT2D eigenvalue weighted by Gasteiger charge is 2.36. The highest BCUT2D eigenvalue weighted by atomic mass is 19.1. The van der Waals surface area contributed by atoms with Crippen LogP contribution in [0.3, 0.4) is 0 Å². The lowest BCUT2D eigenvalue weighted by atomic mass is 10.1. The Labute approximate surface area is 157 Å². The van der Waals surface area contributed by atoms with E-state index in [4.69, 9.17) is 14.0 Å². The molecule has 0 aromatic heterocycles. The molecule has 6 nitrogen and oxygen atoms in total. The molecule has 0 aliphatic heterocycles. The molecular weight excluding hydrogens is 380 g/mol. The van der Waals surface area contributed by atoms with E-state index in [1.807, 2.05) is 0 Å². The number of para-hydroxylation sites is 3. The number of hydrogen-bond donors (Lipinski definition) is 3. The fourth-order valence-corrected chi connectivity index (χ4v) is 2.20. The summed E-state index contributed by atoms with van der Waals surface area (Å²) >= 11 is 0. The van der Waals surface area contributed by atoms with Crippen molar-refractivity contribution in [2.24, 2.45) is 0 Å². The lowest BCUT2D eigenvalue weighted by molar-refractivity contribution is 0.268. The van der Waals surface area contributed by atoms with Gasteiger partial charge in [-0.1, -0.05) is 18.2 Å². The molecule has 0 saturated heterocycles. The number of phenolic OH excluding ortho intramolecular Hbond substituents is 3. The normalized spacial score (nSPS) is 10.4. The molecule has 3 aromatic rings. The van der Waals surface area contributed by atoms with Gasteiger partial charge in [-0.3, -0.25) is 0 Å². The molecule has 144 valence electrons. The summed E-state index contributed by atoms with van der Waals surface area (Å²) in [6.07, 6.45) is 0. The summed E-state index contributed by atoms with van der Waals surface area (Å²) in [5.41, 5.74) is 0. The van der Waals surface area contributed by atoms with Gasteiger partial charge >= 0.3 is 7.32 Å². The fraction of sp³-hybridized carbons (Fsp3) is 0. The Morgan fingerprint density at radius 2 is 0.821 bits per heavy atom. The molecule has 0 amide bonds. The topological polar surface area (TPSA) is 88.4 Å². The van der Waals surface area contributed by atoms with Crippen molar-refractivity contribution >= 4 is 7.32 Å². The Kier molecular flexibility index (Phi) is 5.39. The summed E-state index contributed by atoms with van der Waals surface area (Å²) < 4.78 is 57.1. The van der Waals surface area contributed by atoms with Crippen molar-refractivity contribution in [2.45, 2.75) is 0 Å². The van der Waals surface area contributed by atoms with Gasteiger partial charge < -0.3 is 29.3 Å². The molecule has 3 N–H and O–H groups in total. The molecule has 0 spiro atoms. The molecule has 3 rings (SSSR count). The van der Waals surface area contributed by atoms with Gasteiger partial charge in [0.15, 0.2) is 51.9 Å². The van der Waals surface area contributed by atoms with E-state index in [1.165, 1.54) is 18.2 Å². The Bertz CT molecular complexity index is 813. The highest BCUT2D eigenvalue weighted by molar-refractivity contribution is 6.39. The predicted molar refractivity (Wildman–Crippen MR) is 91.8 cm³/mol. The van der Waals surface area contributed by atoms with Crippen molar-refractivity contribution in [3.63, 3.8) is 0 Å². The van der Waals surface area contributed by atoms with Gasteiger partial charge in [0.05, 0.1) is 0 Å². The maximum absolute atomic E-state index is 14.0. The molecule has 0 fully saturated rings. The smallest absolute Gasteiger partial charge is 0.504 e. The summed E-state index contributed by atoms with van der Waals surface area (Å²) in [4.78, 5) is 0. The van der Waals surface area contributed by atoms with Crippen LogP contribution in [0, 0.1) is 17.5 Å². The van der Waals surface area contributed by atoms with Crippen molar-refractivity contribution in [3.8, 4) is 34.5 Å². The maximum atomic E-state index is 14.0. The second-order valence-electron chi connectivity index (χ2n) is 5.41. The molecule has 0 aliphatic rings. The predicted octanol–water partition coefficient (Wildman–Crippen LogP) is 3.74. The molecule has 10 heteroatoms. The van der Waals surface area contributed by atoms with E-state index in [0.717, 1.165) is 36.4 Å². The largest absolute Gasteiger partial charge is 0.864 e. The molecule has 28 heavy (non-hydrogen) atoms. The summed E-state index contributed by atoms with van der Waals surface area (Å²) in [6.45, 7) is 0.